The van der Waals surface area contributed by atoms with Gasteiger partial charge in [-0.2, -0.15) is 26.3 Å². The zero-order valence-electron chi connectivity index (χ0n) is 22.4. The van der Waals surface area contributed by atoms with Crippen molar-refractivity contribution < 1.29 is 53.8 Å². The summed E-state index contributed by atoms with van der Waals surface area (Å²) in [6.07, 6.45) is -12.5. The fourth-order valence-corrected chi connectivity index (χ4v) is 5.83. The van der Waals surface area contributed by atoms with Crippen LogP contribution >= 0.6 is 23.2 Å². The molecule has 2 atom stereocenters. The van der Waals surface area contributed by atoms with Gasteiger partial charge in [0.2, 0.25) is 15.6 Å². The number of amides is 2. The minimum absolute atomic E-state index is 0.00215. The molecule has 2 aliphatic heterocycles. The molecule has 0 aromatic heterocycles. The second kappa shape index (κ2) is 12.2. The predicted molar refractivity (Wildman–Crippen MR) is 149 cm³/mol. The Morgan fingerprint density at radius 1 is 0.778 bits per heavy atom. The Labute approximate surface area is 261 Å². The molecule has 0 saturated carbocycles. The molecule has 242 valence electrons. The fraction of sp³-hybridized carbons (Fsp3) is 0.231. The highest BCUT2D eigenvalue weighted by atomic mass is 35.5. The van der Waals surface area contributed by atoms with Crippen LogP contribution in [-0.4, -0.2) is 46.5 Å². The van der Waals surface area contributed by atoms with E-state index in [4.69, 9.17) is 23.2 Å². The summed E-state index contributed by atoms with van der Waals surface area (Å²) in [5.41, 5.74) is -7.09. The van der Waals surface area contributed by atoms with Crippen LogP contribution < -0.4 is 20.7 Å². The van der Waals surface area contributed by atoms with Gasteiger partial charge in [-0.1, -0.05) is 41.4 Å². The van der Waals surface area contributed by atoms with E-state index >= 15 is 0 Å². The van der Waals surface area contributed by atoms with Crippen molar-refractivity contribution in [3.63, 3.8) is 0 Å². The van der Waals surface area contributed by atoms with Gasteiger partial charge in [0.15, 0.2) is 0 Å². The number of hydrogen-bond acceptors (Lipinski definition) is 7. The summed E-state index contributed by atoms with van der Waals surface area (Å²) in [5.74, 6) is 0. The lowest BCUT2D eigenvalue weighted by Gasteiger charge is -2.39. The number of halogens is 8. The number of fused-ring (bicyclic) bond motifs is 2. The van der Waals surface area contributed by atoms with Crippen molar-refractivity contribution in [3.05, 3.63) is 87.9 Å². The Balaban J connectivity index is 0.000000222. The number of sulfonamides is 1. The third-order valence-electron chi connectivity index (χ3n) is 6.54. The van der Waals surface area contributed by atoms with Crippen LogP contribution in [0.3, 0.4) is 0 Å². The van der Waals surface area contributed by atoms with Crippen molar-refractivity contribution in [1.82, 2.24) is 10.0 Å². The van der Waals surface area contributed by atoms with Crippen LogP contribution in [0.5, 0.6) is 0 Å². The maximum atomic E-state index is 14.0. The van der Waals surface area contributed by atoms with E-state index in [2.05, 4.69) is 20.1 Å². The van der Waals surface area contributed by atoms with E-state index in [0.717, 1.165) is 19.2 Å². The van der Waals surface area contributed by atoms with Crippen molar-refractivity contribution in [3.8, 4) is 0 Å². The monoisotopic (exact) mass is 700 g/mol. The molecule has 2 heterocycles. The maximum absolute atomic E-state index is 14.0. The van der Waals surface area contributed by atoms with E-state index < -0.39 is 58.0 Å². The molecule has 3 aromatic carbocycles. The van der Waals surface area contributed by atoms with Gasteiger partial charge < -0.3 is 9.47 Å². The molecule has 0 fully saturated rings. The molecule has 0 aliphatic carbocycles. The first kappa shape index (κ1) is 34.1. The molecule has 3 aromatic rings. The van der Waals surface area contributed by atoms with Gasteiger partial charge in [-0.05, 0) is 55.6 Å². The highest BCUT2D eigenvalue weighted by Gasteiger charge is 2.63. The number of carbonyl (C=O) groups excluding carboxylic acids is 2. The second-order valence-electron chi connectivity index (χ2n) is 9.30. The third-order valence-corrected chi connectivity index (χ3v) is 8.42. The van der Waals surface area contributed by atoms with Crippen molar-refractivity contribution in [2.45, 2.75) is 28.6 Å². The van der Waals surface area contributed by atoms with Gasteiger partial charge in [0.25, 0.3) is 5.72 Å². The smallest absolute Gasteiger partial charge is 0.426 e. The van der Waals surface area contributed by atoms with Crippen molar-refractivity contribution >= 4 is 56.8 Å². The maximum Gasteiger partial charge on any atom is 0.447 e. The highest BCUT2D eigenvalue weighted by Crippen LogP contribution is 2.48. The number of carbonyl (C=O) groups is 2. The van der Waals surface area contributed by atoms with Crippen LogP contribution in [-0.2, 0) is 30.8 Å². The summed E-state index contributed by atoms with van der Waals surface area (Å²) in [5, 5.41) is 6.41. The standard InChI is InChI=1S/C16H12ClF3N2O4S.C10H8ClF3N2O2/c17-10-6-7-13-12(8-10)15(16(18,19)20,26-14(23)22-13)9-21-27(24,25)11-4-2-1-3-5-11;1-15-9(10(12,13)14)6-4-5(11)2-3-7(6)16-8(17)18-9/h1-8,21H,9H2,(H,22,23);2-4,15H,1H3,(H,16,17). The van der Waals surface area contributed by atoms with E-state index in [1.54, 1.807) is 6.07 Å². The van der Waals surface area contributed by atoms with Gasteiger partial charge in [-0.25, -0.2) is 22.7 Å². The summed E-state index contributed by atoms with van der Waals surface area (Å²) in [4.78, 5) is 22.7. The molecule has 45 heavy (non-hydrogen) atoms. The molecule has 4 N–H and O–H groups in total. The third kappa shape index (κ3) is 6.62. The van der Waals surface area contributed by atoms with E-state index in [0.29, 0.717) is 0 Å². The number of hydrogen-bond donors (Lipinski definition) is 4. The summed E-state index contributed by atoms with van der Waals surface area (Å²) < 4.78 is 117. The van der Waals surface area contributed by atoms with E-state index in [-0.39, 0.29) is 31.9 Å². The van der Waals surface area contributed by atoms with Gasteiger partial charge >= 0.3 is 24.5 Å². The normalized spacial score (nSPS) is 21.1. The first-order valence-corrected chi connectivity index (χ1v) is 14.6. The molecule has 0 spiro atoms. The Hall–Kier alpha value is -3.77. The molecule has 0 saturated heterocycles. The molecule has 10 nitrogen and oxygen atoms in total. The Kier molecular flexibility index (Phi) is 9.25. The van der Waals surface area contributed by atoms with Gasteiger partial charge in [0.05, 0.1) is 22.8 Å². The topological polar surface area (TPSA) is 135 Å². The molecule has 2 unspecified atom stereocenters. The van der Waals surface area contributed by atoms with E-state index in [1.807, 2.05) is 10.0 Å². The number of cyclic esters (lactones) is 2. The largest absolute Gasteiger partial charge is 0.447 e. The van der Waals surface area contributed by atoms with Crippen LogP contribution in [0.2, 0.25) is 10.0 Å². The van der Waals surface area contributed by atoms with Crippen LogP contribution in [0, 0.1) is 0 Å². The lowest BCUT2D eigenvalue weighted by molar-refractivity contribution is -0.275. The van der Waals surface area contributed by atoms with Gasteiger partial charge in [0.1, 0.15) is 0 Å². The SMILES string of the molecule is CNC1(C(F)(F)F)OC(=O)Nc2ccc(Cl)cc21.O=C1Nc2ccc(Cl)cc2C(CNS(=O)(=O)c2ccccc2)(C(F)(F)F)O1. The number of rotatable bonds is 5. The van der Waals surface area contributed by atoms with Gasteiger partial charge in [-0.15, -0.1) is 0 Å². The van der Waals surface area contributed by atoms with Crippen LogP contribution in [0.4, 0.5) is 47.3 Å². The lowest BCUT2D eigenvalue weighted by Crippen LogP contribution is -2.58. The van der Waals surface area contributed by atoms with Gasteiger partial charge in [-0.3, -0.25) is 16.0 Å². The molecular weight excluding hydrogens is 681 g/mol. The zero-order chi connectivity index (χ0) is 33.4. The quantitative estimate of drug-likeness (QED) is 0.224. The van der Waals surface area contributed by atoms with Crippen LogP contribution in [0.25, 0.3) is 0 Å². The molecule has 5 rings (SSSR count). The van der Waals surface area contributed by atoms with Crippen molar-refractivity contribution in [2.75, 3.05) is 24.2 Å². The molecular formula is C26H20Cl2F6N4O6S. The van der Waals surface area contributed by atoms with Crippen molar-refractivity contribution in [1.29, 1.82) is 0 Å². The Morgan fingerprint density at radius 3 is 1.80 bits per heavy atom. The average Bonchev–Trinajstić information content (AvgIpc) is 2.95. The van der Waals surface area contributed by atoms with E-state index in [1.165, 1.54) is 48.5 Å². The van der Waals surface area contributed by atoms with Crippen LogP contribution in [0.15, 0.2) is 71.6 Å². The van der Waals surface area contributed by atoms with Crippen molar-refractivity contribution in [2.24, 2.45) is 0 Å². The van der Waals surface area contributed by atoms with Gasteiger partial charge in [0, 0.05) is 21.2 Å². The number of benzene rings is 3. The number of ether oxygens (including phenoxy) is 2. The minimum Gasteiger partial charge on any atom is -0.426 e. The number of anilines is 2. The minimum atomic E-state index is -5.12. The molecule has 2 amide bonds. The Morgan fingerprint density at radius 2 is 1.29 bits per heavy atom. The molecule has 0 radical (unpaired) electrons. The predicted octanol–water partition coefficient (Wildman–Crippen LogP) is 6.47. The first-order valence-electron chi connectivity index (χ1n) is 12.3. The highest BCUT2D eigenvalue weighted by molar-refractivity contribution is 7.89. The summed E-state index contributed by atoms with van der Waals surface area (Å²) in [6, 6.07) is 14.1. The number of nitrogens with one attached hydrogen (secondary N) is 4. The average molecular weight is 701 g/mol. The molecule has 19 heteroatoms. The summed E-state index contributed by atoms with van der Waals surface area (Å²) >= 11 is 11.5. The second-order valence-corrected chi connectivity index (χ2v) is 11.9. The van der Waals surface area contributed by atoms with Crippen LogP contribution in [0.1, 0.15) is 11.1 Å². The fourth-order valence-electron chi connectivity index (χ4n) is 4.41. The Bertz CT molecular complexity index is 1730. The number of alkyl halides is 6. The summed E-state index contributed by atoms with van der Waals surface area (Å²) in [6.45, 7) is -1.26. The molecule has 0 bridgehead atoms. The lowest BCUT2D eigenvalue weighted by atomic mass is 9.90. The first-order chi connectivity index (χ1) is 20.8. The summed E-state index contributed by atoms with van der Waals surface area (Å²) in [7, 11) is -3.23. The van der Waals surface area contributed by atoms with E-state index in [9.17, 15) is 44.3 Å². The molecule has 2 aliphatic rings. The zero-order valence-corrected chi connectivity index (χ0v) is 24.8.